The molecule has 136 valence electrons. The minimum Gasteiger partial charge on any atom is -0.488 e. The van der Waals surface area contributed by atoms with Crippen LogP contribution in [0.5, 0.6) is 5.75 Å². The number of hydrogen-bond acceptors (Lipinski definition) is 3. The fourth-order valence-electron chi connectivity index (χ4n) is 2.71. The Morgan fingerprint density at radius 1 is 1.04 bits per heavy atom. The lowest BCUT2D eigenvalue weighted by molar-refractivity contribution is 0.303. The average molecular weight is 476 g/mol. The lowest BCUT2D eigenvalue weighted by Gasteiger charge is -2.10. The Bertz CT molecular complexity index is 1100. The van der Waals surface area contributed by atoms with Crippen LogP contribution in [0.4, 0.5) is 0 Å². The summed E-state index contributed by atoms with van der Waals surface area (Å²) < 4.78 is 6.85. The van der Waals surface area contributed by atoms with E-state index in [0.717, 1.165) is 31.6 Å². The molecule has 0 spiro atoms. The van der Waals surface area contributed by atoms with Crippen LogP contribution in [0, 0.1) is 33.2 Å². The van der Waals surface area contributed by atoms with Crippen LogP contribution >= 0.6 is 22.6 Å². The third kappa shape index (κ3) is 4.79. The summed E-state index contributed by atoms with van der Waals surface area (Å²) in [4.78, 5) is 0. The number of nitriles is 2. The highest BCUT2D eigenvalue weighted by atomic mass is 127. The van der Waals surface area contributed by atoms with E-state index in [2.05, 4.69) is 34.7 Å². The van der Waals surface area contributed by atoms with E-state index in [1.54, 1.807) is 6.07 Å². The topological polar surface area (TPSA) is 56.8 Å². The second-order valence-corrected chi connectivity index (χ2v) is 7.45. The summed E-state index contributed by atoms with van der Waals surface area (Å²) >= 11 is 2.22. The van der Waals surface area contributed by atoms with Crippen molar-refractivity contribution in [2.75, 3.05) is 0 Å². The fourth-order valence-corrected chi connectivity index (χ4v) is 3.41. The molecule has 0 aromatic heterocycles. The molecule has 0 aliphatic rings. The summed E-state index contributed by atoms with van der Waals surface area (Å²) in [6.07, 6.45) is 1.88. The van der Waals surface area contributed by atoms with E-state index in [9.17, 15) is 10.5 Å². The molecule has 0 bridgehead atoms. The number of halogens is 1. The molecule has 0 aliphatic heterocycles. The van der Waals surface area contributed by atoms with Gasteiger partial charge in [-0.15, -0.1) is 0 Å². The van der Waals surface area contributed by atoms with Crippen molar-refractivity contribution in [1.29, 1.82) is 10.5 Å². The maximum Gasteiger partial charge on any atom is 0.133 e. The standard InChI is InChI=1S/C24H17IN2O/c1-17-6-9-19(10-7-17)22(15-27)12-18-8-11-24(23(25)13-18)28-16-21-5-3-2-4-20(21)14-26/h2-13H,16H2,1H3/b22-12-. The van der Waals surface area contributed by atoms with Crippen molar-refractivity contribution in [3.05, 3.63) is 98.1 Å². The molecule has 0 fully saturated rings. The number of allylic oxidation sites excluding steroid dienone is 1. The van der Waals surface area contributed by atoms with Crippen molar-refractivity contribution in [2.24, 2.45) is 0 Å². The Morgan fingerprint density at radius 2 is 1.79 bits per heavy atom. The Kier molecular flexibility index (Phi) is 6.47. The second-order valence-electron chi connectivity index (χ2n) is 6.28. The van der Waals surface area contributed by atoms with Gasteiger partial charge in [-0.3, -0.25) is 0 Å². The molecule has 0 heterocycles. The molecule has 3 aromatic carbocycles. The highest BCUT2D eigenvalue weighted by molar-refractivity contribution is 14.1. The van der Waals surface area contributed by atoms with Gasteiger partial charge in [0.1, 0.15) is 12.4 Å². The van der Waals surface area contributed by atoms with Gasteiger partial charge < -0.3 is 4.74 Å². The van der Waals surface area contributed by atoms with Crippen LogP contribution in [0.3, 0.4) is 0 Å². The van der Waals surface area contributed by atoms with Gasteiger partial charge in [0.25, 0.3) is 0 Å². The predicted molar refractivity (Wildman–Crippen MR) is 119 cm³/mol. The molecule has 0 atom stereocenters. The number of benzene rings is 3. The van der Waals surface area contributed by atoms with Crippen molar-refractivity contribution in [1.82, 2.24) is 0 Å². The first kappa shape index (κ1) is 19.7. The maximum absolute atomic E-state index is 9.52. The zero-order chi connectivity index (χ0) is 19.9. The first-order chi connectivity index (χ1) is 13.6. The fraction of sp³-hybridized carbons (Fsp3) is 0.0833. The Hall–Kier alpha value is -3.09. The molecule has 3 rings (SSSR count). The lowest BCUT2D eigenvalue weighted by Crippen LogP contribution is -1.99. The normalized spacial score (nSPS) is 10.8. The van der Waals surface area contributed by atoms with Crippen LogP contribution in [0.15, 0.2) is 66.7 Å². The van der Waals surface area contributed by atoms with Gasteiger partial charge in [-0.2, -0.15) is 10.5 Å². The highest BCUT2D eigenvalue weighted by Crippen LogP contribution is 2.26. The van der Waals surface area contributed by atoms with E-state index in [1.807, 2.05) is 73.7 Å². The number of ether oxygens (including phenoxy) is 1. The van der Waals surface area contributed by atoms with Gasteiger partial charge in [0.15, 0.2) is 0 Å². The SMILES string of the molecule is Cc1ccc(/C(C#N)=C\c2ccc(OCc3ccccc3C#N)c(I)c2)cc1. The molecule has 0 saturated heterocycles. The van der Waals surface area contributed by atoms with E-state index in [-0.39, 0.29) is 0 Å². The number of nitrogens with zero attached hydrogens (tertiary/aromatic N) is 2. The molecule has 0 N–H and O–H groups in total. The van der Waals surface area contributed by atoms with Crippen LogP contribution < -0.4 is 4.74 Å². The van der Waals surface area contributed by atoms with Crippen molar-refractivity contribution in [2.45, 2.75) is 13.5 Å². The molecule has 4 heteroatoms. The minimum atomic E-state index is 0.335. The minimum absolute atomic E-state index is 0.335. The van der Waals surface area contributed by atoms with Crippen molar-refractivity contribution in [3.8, 4) is 17.9 Å². The summed E-state index contributed by atoms with van der Waals surface area (Å²) in [6, 6.07) is 25.6. The van der Waals surface area contributed by atoms with Gasteiger partial charge >= 0.3 is 0 Å². The highest BCUT2D eigenvalue weighted by Gasteiger charge is 2.07. The van der Waals surface area contributed by atoms with Crippen LogP contribution in [-0.4, -0.2) is 0 Å². The molecule has 0 unspecified atom stereocenters. The molecule has 3 nitrogen and oxygen atoms in total. The first-order valence-electron chi connectivity index (χ1n) is 8.70. The summed E-state index contributed by atoms with van der Waals surface area (Å²) in [5.41, 5.74) is 5.09. The van der Waals surface area contributed by atoms with Gasteiger partial charge in [-0.05, 0) is 64.9 Å². The Morgan fingerprint density at radius 3 is 2.46 bits per heavy atom. The number of hydrogen-bond donors (Lipinski definition) is 0. The monoisotopic (exact) mass is 476 g/mol. The van der Waals surface area contributed by atoms with Crippen molar-refractivity contribution < 1.29 is 4.74 Å². The van der Waals surface area contributed by atoms with E-state index in [0.29, 0.717) is 17.7 Å². The van der Waals surface area contributed by atoms with E-state index >= 15 is 0 Å². The number of aryl methyl sites for hydroxylation is 1. The van der Waals surface area contributed by atoms with Gasteiger partial charge in [0, 0.05) is 5.56 Å². The molecule has 28 heavy (non-hydrogen) atoms. The molecular weight excluding hydrogens is 459 g/mol. The molecule has 0 saturated carbocycles. The Balaban J connectivity index is 1.79. The summed E-state index contributed by atoms with van der Waals surface area (Å²) in [5, 5.41) is 18.7. The zero-order valence-corrected chi connectivity index (χ0v) is 17.5. The molecular formula is C24H17IN2O. The third-order valence-electron chi connectivity index (χ3n) is 4.27. The zero-order valence-electron chi connectivity index (χ0n) is 15.3. The van der Waals surface area contributed by atoms with Gasteiger partial charge in [-0.1, -0.05) is 54.1 Å². The number of rotatable bonds is 5. The molecule has 0 amide bonds. The lowest BCUT2D eigenvalue weighted by atomic mass is 10.0. The molecule has 0 aliphatic carbocycles. The first-order valence-corrected chi connectivity index (χ1v) is 9.78. The quantitative estimate of drug-likeness (QED) is 0.254. The maximum atomic E-state index is 9.52. The Labute approximate surface area is 178 Å². The van der Waals surface area contributed by atoms with Gasteiger partial charge in [0.05, 0.1) is 26.8 Å². The van der Waals surface area contributed by atoms with Crippen molar-refractivity contribution in [3.63, 3.8) is 0 Å². The second kappa shape index (κ2) is 9.21. The van der Waals surface area contributed by atoms with Crippen LogP contribution in [0.1, 0.15) is 27.8 Å². The summed E-state index contributed by atoms with van der Waals surface area (Å²) in [6.45, 7) is 2.36. The van der Waals surface area contributed by atoms with Gasteiger partial charge in [-0.25, -0.2) is 0 Å². The van der Waals surface area contributed by atoms with Crippen molar-refractivity contribution >= 4 is 34.2 Å². The van der Waals surface area contributed by atoms with Crippen LogP contribution in [0.25, 0.3) is 11.6 Å². The van der Waals surface area contributed by atoms with Gasteiger partial charge in [0.2, 0.25) is 0 Å². The molecule has 3 aromatic rings. The average Bonchev–Trinajstić information content (AvgIpc) is 2.72. The summed E-state index contributed by atoms with van der Waals surface area (Å²) in [7, 11) is 0. The predicted octanol–water partition coefficient (Wildman–Crippen LogP) is 6.11. The largest absolute Gasteiger partial charge is 0.488 e. The van der Waals surface area contributed by atoms with E-state index < -0.39 is 0 Å². The van der Waals surface area contributed by atoms with E-state index in [1.165, 1.54) is 0 Å². The van der Waals surface area contributed by atoms with Crippen LogP contribution in [-0.2, 0) is 6.61 Å². The van der Waals surface area contributed by atoms with Crippen LogP contribution in [0.2, 0.25) is 0 Å². The van der Waals surface area contributed by atoms with E-state index in [4.69, 9.17) is 4.74 Å². The molecule has 0 radical (unpaired) electrons. The summed E-state index contributed by atoms with van der Waals surface area (Å²) in [5.74, 6) is 0.749. The smallest absolute Gasteiger partial charge is 0.133 e. The third-order valence-corrected chi connectivity index (χ3v) is 5.11.